The number of carbonyl (C=O) groups is 2. The van der Waals surface area contributed by atoms with E-state index in [4.69, 9.17) is 0 Å². The fourth-order valence-electron chi connectivity index (χ4n) is 4.60. The van der Waals surface area contributed by atoms with Crippen molar-refractivity contribution >= 4 is 27.5 Å². The van der Waals surface area contributed by atoms with E-state index >= 15 is 0 Å². The summed E-state index contributed by atoms with van der Waals surface area (Å²) < 4.78 is 27.2. The third kappa shape index (κ3) is 8.68. The monoisotopic (exact) mass is 563 g/mol. The first kappa shape index (κ1) is 30.9. The molecule has 0 heterocycles. The van der Waals surface area contributed by atoms with Crippen LogP contribution in [0.1, 0.15) is 48.6 Å². The molecule has 0 aromatic heterocycles. The lowest BCUT2D eigenvalue weighted by atomic mass is 10.0. The van der Waals surface area contributed by atoms with Crippen molar-refractivity contribution in [1.82, 2.24) is 10.2 Å². The molecule has 0 aliphatic heterocycles. The van der Waals surface area contributed by atoms with Crippen molar-refractivity contribution in [2.45, 2.75) is 66.1 Å². The minimum absolute atomic E-state index is 0.153. The zero-order valence-corrected chi connectivity index (χ0v) is 25.4. The van der Waals surface area contributed by atoms with E-state index in [0.29, 0.717) is 5.69 Å². The summed E-state index contributed by atoms with van der Waals surface area (Å²) in [4.78, 5) is 29.5. The molecule has 0 radical (unpaired) electrons. The molecule has 0 aliphatic carbocycles. The number of amides is 2. The second-order valence-electron chi connectivity index (χ2n) is 11.5. The highest BCUT2D eigenvalue weighted by atomic mass is 32.2. The molecule has 0 saturated heterocycles. The summed E-state index contributed by atoms with van der Waals surface area (Å²) in [7, 11) is -3.81. The first-order valence-corrected chi connectivity index (χ1v) is 15.2. The maximum absolute atomic E-state index is 14.2. The molecule has 3 rings (SSSR count). The Morgan fingerprint density at radius 3 is 2.08 bits per heavy atom. The van der Waals surface area contributed by atoms with Crippen LogP contribution in [0, 0.1) is 20.8 Å². The maximum Gasteiger partial charge on any atom is 0.244 e. The van der Waals surface area contributed by atoms with E-state index < -0.39 is 34.1 Å². The van der Waals surface area contributed by atoms with E-state index in [1.807, 2.05) is 108 Å². The lowest BCUT2D eigenvalue weighted by Gasteiger charge is -2.35. The van der Waals surface area contributed by atoms with Gasteiger partial charge >= 0.3 is 0 Å². The second-order valence-corrected chi connectivity index (χ2v) is 13.4. The van der Waals surface area contributed by atoms with Gasteiger partial charge in [0.15, 0.2) is 0 Å². The third-order valence-electron chi connectivity index (χ3n) is 6.52. The number of hydrogen-bond acceptors (Lipinski definition) is 4. The summed E-state index contributed by atoms with van der Waals surface area (Å²) in [6.07, 6.45) is 1.38. The molecular weight excluding hydrogens is 522 g/mol. The van der Waals surface area contributed by atoms with Crippen molar-refractivity contribution in [1.29, 1.82) is 0 Å². The van der Waals surface area contributed by atoms with Crippen LogP contribution >= 0.6 is 0 Å². The first-order chi connectivity index (χ1) is 18.6. The fraction of sp³-hybridized carbons (Fsp3) is 0.375. The molecular formula is C32H41N3O4S. The molecule has 0 aliphatic rings. The molecule has 1 N–H and O–H groups in total. The van der Waals surface area contributed by atoms with Gasteiger partial charge in [-0.1, -0.05) is 72.3 Å². The van der Waals surface area contributed by atoms with Gasteiger partial charge in [0.05, 0.1) is 11.9 Å². The summed E-state index contributed by atoms with van der Waals surface area (Å²) in [5, 5.41) is 3.04. The van der Waals surface area contributed by atoms with E-state index in [1.165, 1.54) is 4.90 Å². The lowest BCUT2D eigenvalue weighted by molar-refractivity contribution is -0.140. The van der Waals surface area contributed by atoms with Gasteiger partial charge in [-0.2, -0.15) is 0 Å². The van der Waals surface area contributed by atoms with Crippen molar-refractivity contribution in [3.05, 3.63) is 101 Å². The lowest BCUT2D eigenvalue weighted by Crippen LogP contribution is -2.56. The molecule has 0 bridgehead atoms. The van der Waals surface area contributed by atoms with Gasteiger partial charge in [-0.15, -0.1) is 0 Å². The van der Waals surface area contributed by atoms with Crippen molar-refractivity contribution in [2.24, 2.45) is 0 Å². The highest BCUT2D eigenvalue weighted by Gasteiger charge is 2.34. The van der Waals surface area contributed by atoms with Crippen LogP contribution in [-0.2, 0) is 32.6 Å². The predicted octanol–water partition coefficient (Wildman–Crippen LogP) is 4.93. The average Bonchev–Trinajstić information content (AvgIpc) is 2.85. The van der Waals surface area contributed by atoms with Gasteiger partial charge in [0.2, 0.25) is 21.8 Å². The molecule has 40 heavy (non-hydrogen) atoms. The molecule has 3 aromatic carbocycles. The summed E-state index contributed by atoms with van der Waals surface area (Å²) in [5.74, 6) is -0.757. The van der Waals surface area contributed by atoms with Crippen molar-refractivity contribution in [2.75, 3.05) is 17.1 Å². The number of hydrogen-bond donors (Lipinski definition) is 1. The van der Waals surface area contributed by atoms with Crippen LogP contribution in [0.25, 0.3) is 0 Å². The maximum atomic E-state index is 14.2. The fourth-order valence-corrected chi connectivity index (χ4v) is 5.50. The zero-order valence-electron chi connectivity index (χ0n) is 24.6. The van der Waals surface area contributed by atoms with Crippen LogP contribution in [0.5, 0.6) is 0 Å². The van der Waals surface area contributed by atoms with Gasteiger partial charge in [0.25, 0.3) is 0 Å². The molecule has 1 atom stereocenters. The Kier molecular flexibility index (Phi) is 9.79. The normalized spacial score (nSPS) is 12.5. The smallest absolute Gasteiger partial charge is 0.244 e. The Morgan fingerprint density at radius 1 is 0.850 bits per heavy atom. The Morgan fingerprint density at radius 2 is 1.48 bits per heavy atom. The Hall–Kier alpha value is -3.65. The van der Waals surface area contributed by atoms with Crippen LogP contribution < -0.4 is 9.62 Å². The SMILES string of the molecule is Cc1cccc(CN(C(=O)CN(c2cc(C)ccc2C)S(C)(=O)=O)[C@@H](Cc2ccccc2)C(=O)NC(C)(C)C)c1. The van der Waals surface area contributed by atoms with Crippen LogP contribution in [0.4, 0.5) is 5.69 Å². The number of sulfonamides is 1. The van der Waals surface area contributed by atoms with Crippen LogP contribution in [0.2, 0.25) is 0 Å². The van der Waals surface area contributed by atoms with E-state index in [2.05, 4.69) is 5.32 Å². The topological polar surface area (TPSA) is 86.8 Å². The number of nitrogens with zero attached hydrogens (tertiary/aromatic N) is 2. The molecule has 0 unspecified atom stereocenters. The highest BCUT2D eigenvalue weighted by Crippen LogP contribution is 2.25. The second kappa shape index (κ2) is 12.7. The molecule has 7 nitrogen and oxygen atoms in total. The molecule has 214 valence electrons. The summed E-state index contributed by atoms with van der Waals surface area (Å²) in [5.41, 5.74) is 4.31. The van der Waals surface area contributed by atoms with Gasteiger partial charge in [-0.25, -0.2) is 8.42 Å². The minimum Gasteiger partial charge on any atom is -0.350 e. The van der Waals surface area contributed by atoms with E-state index in [0.717, 1.165) is 38.4 Å². The molecule has 2 amide bonds. The van der Waals surface area contributed by atoms with E-state index in [-0.39, 0.29) is 18.9 Å². The summed E-state index contributed by atoms with van der Waals surface area (Å²) >= 11 is 0. The minimum atomic E-state index is -3.81. The quantitative estimate of drug-likeness (QED) is 0.379. The number of aryl methyl sites for hydroxylation is 3. The van der Waals surface area contributed by atoms with Crippen LogP contribution in [0.15, 0.2) is 72.8 Å². The standard InChI is InChI=1S/C32H41N3O4S/c1-23-12-11-15-27(18-23)21-34(29(31(37)33-32(4,5)6)20-26-13-9-8-10-14-26)30(36)22-35(40(7,38)39)28-19-24(2)16-17-25(28)3/h8-19,29H,20-22H2,1-7H3,(H,33,37)/t29-/m0/s1. The number of rotatable bonds is 10. The van der Waals surface area contributed by atoms with Crippen molar-refractivity contribution in [3.63, 3.8) is 0 Å². The molecule has 0 fully saturated rings. The zero-order chi connectivity index (χ0) is 29.7. The summed E-state index contributed by atoms with van der Waals surface area (Å²) in [6, 6.07) is 21.9. The highest BCUT2D eigenvalue weighted by molar-refractivity contribution is 7.92. The van der Waals surface area contributed by atoms with Gasteiger partial charge in [-0.3, -0.25) is 13.9 Å². The van der Waals surface area contributed by atoms with Crippen LogP contribution in [0.3, 0.4) is 0 Å². The number of carbonyl (C=O) groups excluding carboxylic acids is 2. The van der Waals surface area contributed by atoms with Crippen molar-refractivity contribution < 1.29 is 18.0 Å². The van der Waals surface area contributed by atoms with E-state index in [1.54, 1.807) is 6.07 Å². The average molecular weight is 564 g/mol. The third-order valence-corrected chi connectivity index (χ3v) is 7.64. The van der Waals surface area contributed by atoms with Gasteiger partial charge in [0.1, 0.15) is 12.6 Å². The summed E-state index contributed by atoms with van der Waals surface area (Å²) in [6.45, 7) is 11.1. The number of nitrogens with one attached hydrogen (secondary N) is 1. The number of anilines is 1. The molecule has 8 heteroatoms. The van der Waals surface area contributed by atoms with Gasteiger partial charge in [0, 0.05) is 18.5 Å². The predicted molar refractivity (Wildman–Crippen MR) is 162 cm³/mol. The molecule has 0 saturated carbocycles. The van der Waals surface area contributed by atoms with Crippen LogP contribution in [-0.4, -0.2) is 49.5 Å². The Bertz CT molecular complexity index is 1450. The van der Waals surface area contributed by atoms with Crippen molar-refractivity contribution in [3.8, 4) is 0 Å². The van der Waals surface area contributed by atoms with Gasteiger partial charge < -0.3 is 10.2 Å². The molecule has 3 aromatic rings. The largest absolute Gasteiger partial charge is 0.350 e. The Labute approximate surface area is 239 Å². The number of benzene rings is 3. The van der Waals surface area contributed by atoms with Gasteiger partial charge in [-0.05, 0) is 69.9 Å². The first-order valence-electron chi connectivity index (χ1n) is 13.4. The van der Waals surface area contributed by atoms with E-state index in [9.17, 15) is 18.0 Å². The molecule has 0 spiro atoms. The Balaban J connectivity index is 2.10.